The van der Waals surface area contributed by atoms with Crippen LogP contribution < -0.4 is 11.1 Å². The minimum absolute atomic E-state index is 0.00500. The Morgan fingerprint density at radius 2 is 2.06 bits per heavy atom. The number of hydrogen-bond acceptors (Lipinski definition) is 3. The van der Waals surface area contributed by atoms with Gasteiger partial charge < -0.3 is 11.1 Å². The van der Waals surface area contributed by atoms with Gasteiger partial charge in [0.25, 0.3) is 5.91 Å². The van der Waals surface area contributed by atoms with Crippen molar-refractivity contribution in [3.05, 3.63) is 35.4 Å². The first-order valence-electron chi connectivity index (χ1n) is 5.84. The van der Waals surface area contributed by atoms with Crippen molar-refractivity contribution >= 4 is 17.7 Å². The molecule has 0 aliphatic rings. The summed E-state index contributed by atoms with van der Waals surface area (Å²) in [7, 11) is 0. The standard InChI is InChI=1S/C13H20N2OS/c1-17-10-2-9-15-13(16)12-5-3-11(4-6-12)7-8-14/h3-6H,2,7-10,14H2,1H3,(H,15,16). The van der Waals surface area contributed by atoms with Crippen LogP contribution in [0.4, 0.5) is 0 Å². The number of carbonyl (C=O) groups excluding carboxylic acids is 1. The van der Waals surface area contributed by atoms with E-state index in [1.807, 2.05) is 24.3 Å². The maximum atomic E-state index is 11.7. The van der Waals surface area contributed by atoms with Gasteiger partial charge in [-0.25, -0.2) is 0 Å². The third kappa shape index (κ3) is 5.24. The van der Waals surface area contributed by atoms with E-state index in [1.54, 1.807) is 11.8 Å². The van der Waals surface area contributed by atoms with E-state index >= 15 is 0 Å². The van der Waals surface area contributed by atoms with E-state index in [4.69, 9.17) is 5.73 Å². The van der Waals surface area contributed by atoms with Crippen LogP contribution in [0, 0.1) is 0 Å². The number of amides is 1. The first-order valence-corrected chi connectivity index (χ1v) is 7.23. The normalized spacial score (nSPS) is 10.2. The molecular weight excluding hydrogens is 232 g/mol. The number of benzene rings is 1. The maximum Gasteiger partial charge on any atom is 0.251 e. The number of nitrogens with one attached hydrogen (secondary N) is 1. The zero-order valence-electron chi connectivity index (χ0n) is 10.2. The van der Waals surface area contributed by atoms with Gasteiger partial charge in [0.1, 0.15) is 0 Å². The Morgan fingerprint density at radius 3 is 2.65 bits per heavy atom. The summed E-state index contributed by atoms with van der Waals surface area (Å²) in [4.78, 5) is 11.7. The lowest BCUT2D eigenvalue weighted by atomic mass is 10.1. The molecule has 0 aliphatic carbocycles. The van der Waals surface area contributed by atoms with Crippen LogP contribution in [0.5, 0.6) is 0 Å². The summed E-state index contributed by atoms with van der Waals surface area (Å²) in [6, 6.07) is 7.64. The van der Waals surface area contributed by atoms with Gasteiger partial charge in [-0.1, -0.05) is 12.1 Å². The zero-order valence-corrected chi connectivity index (χ0v) is 11.1. The van der Waals surface area contributed by atoms with Crippen LogP contribution in [0.2, 0.25) is 0 Å². The van der Waals surface area contributed by atoms with Gasteiger partial charge in [0.05, 0.1) is 0 Å². The summed E-state index contributed by atoms with van der Waals surface area (Å²) in [5.41, 5.74) is 7.36. The second-order valence-corrected chi connectivity index (χ2v) is 4.82. The molecule has 1 aromatic rings. The van der Waals surface area contributed by atoms with Crippen molar-refractivity contribution in [2.75, 3.05) is 25.1 Å². The van der Waals surface area contributed by atoms with Crippen molar-refractivity contribution < 1.29 is 4.79 Å². The minimum Gasteiger partial charge on any atom is -0.352 e. The Hall–Kier alpha value is -1.00. The first kappa shape index (κ1) is 14.1. The second-order valence-electron chi connectivity index (χ2n) is 3.84. The molecular formula is C13H20N2OS. The lowest BCUT2D eigenvalue weighted by Gasteiger charge is -2.05. The molecule has 0 fully saturated rings. The molecule has 0 aliphatic heterocycles. The summed E-state index contributed by atoms with van der Waals surface area (Å²) < 4.78 is 0. The number of hydrogen-bond donors (Lipinski definition) is 2. The van der Waals surface area contributed by atoms with Gasteiger partial charge in [-0.15, -0.1) is 0 Å². The van der Waals surface area contributed by atoms with Crippen LogP contribution in [0.15, 0.2) is 24.3 Å². The van der Waals surface area contributed by atoms with Crippen LogP contribution in [0.1, 0.15) is 22.3 Å². The fourth-order valence-electron chi connectivity index (χ4n) is 1.51. The van der Waals surface area contributed by atoms with Gasteiger partial charge in [-0.2, -0.15) is 11.8 Å². The van der Waals surface area contributed by atoms with Gasteiger partial charge in [0.2, 0.25) is 0 Å². The van der Waals surface area contributed by atoms with E-state index in [1.165, 1.54) is 5.56 Å². The molecule has 17 heavy (non-hydrogen) atoms. The van der Waals surface area contributed by atoms with Crippen molar-refractivity contribution in [1.29, 1.82) is 0 Å². The third-order valence-electron chi connectivity index (χ3n) is 2.46. The van der Waals surface area contributed by atoms with Crippen molar-refractivity contribution in [3.8, 4) is 0 Å². The smallest absolute Gasteiger partial charge is 0.251 e. The predicted octanol–water partition coefficient (Wildman–Crippen LogP) is 1.67. The topological polar surface area (TPSA) is 55.1 Å². The highest BCUT2D eigenvalue weighted by Crippen LogP contribution is 2.05. The quantitative estimate of drug-likeness (QED) is 0.726. The van der Waals surface area contributed by atoms with Gasteiger partial charge >= 0.3 is 0 Å². The van der Waals surface area contributed by atoms with Gasteiger partial charge in [-0.3, -0.25) is 4.79 Å². The molecule has 1 aromatic carbocycles. The third-order valence-corrected chi connectivity index (χ3v) is 3.16. The molecule has 3 N–H and O–H groups in total. The maximum absolute atomic E-state index is 11.7. The molecule has 3 nitrogen and oxygen atoms in total. The highest BCUT2D eigenvalue weighted by Gasteiger charge is 2.03. The first-order chi connectivity index (χ1) is 8.27. The Kier molecular flexibility index (Phi) is 6.74. The van der Waals surface area contributed by atoms with E-state index < -0.39 is 0 Å². The molecule has 0 unspecified atom stereocenters. The summed E-state index contributed by atoms with van der Waals surface area (Å²) in [6.45, 7) is 1.38. The lowest BCUT2D eigenvalue weighted by Crippen LogP contribution is -2.24. The van der Waals surface area contributed by atoms with E-state index in [0.29, 0.717) is 6.54 Å². The van der Waals surface area contributed by atoms with Crippen LogP contribution in [0.3, 0.4) is 0 Å². The number of nitrogens with two attached hydrogens (primary N) is 1. The molecule has 0 atom stereocenters. The van der Waals surface area contributed by atoms with E-state index in [9.17, 15) is 4.79 Å². The number of rotatable bonds is 7. The van der Waals surface area contributed by atoms with E-state index in [2.05, 4.69) is 11.6 Å². The number of carbonyl (C=O) groups is 1. The van der Waals surface area contributed by atoms with Crippen molar-refractivity contribution in [2.24, 2.45) is 5.73 Å². The number of thioether (sulfide) groups is 1. The van der Waals surface area contributed by atoms with Crippen LogP contribution in [-0.4, -0.2) is 31.0 Å². The van der Waals surface area contributed by atoms with Crippen LogP contribution in [-0.2, 0) is 6.42 Å². The van der Waals surface area contributed by atoms with Crippen molar-refractivity contribution in [2.45, 2.75) is 12.8 Å². The summed E-state index contributed by atoms with van der Waals surface area (Å²) in [5.74, 6) is 1.08. The van der Waals surface area contributed by atoms with Crippen LogP contribution in [0.25, 0.3) is 0 Å². The van der Waals surface area contributed by atoms with E-state index in [0.717, 1.165) is 30.7 Å². The van der Waals surface area contributed by atoms with Crippen molar-refractivity contribution in [3.63, 3.8) is 0 Å². The van der Waals surface area contributed by atoms with Crippen molar-refractivity contribution in [1.82, 2.24) is 5.32 Å². The van der Waals surface area contributed by atoms with E-state index in [-0.39, 0.29) is 5.91 Å². The SMILES string of the molecule is CSCCCNC(=O)c1ccc(CCN)cc1. The average molecular weight is 252 g/mol. The fraction of sp³-hybridized carbons (Fsp3) is 0.462. The lowest BCUT2D eigenvalue weighted by molar-refractivity contribution is 0.0954. The average Bonchev–Trinajstić information content (AvgIpc) is 2.36. The summed E-state index contributed by atoms with van der Waals surface area (Å²) in [6.07, 6.45) is 3.94. The highest BCUT2D eigenvalue weighted by atomic mass is 32.2. The predicted molar refractivity (Wildman–Crippen MR) is 74.5 cm³/mol. The van der Waals surface area contributed by atoms with Gasteiger partial charge in [0, 0.05) is 12.1 Å². The molecule has 0 saturated heterocycles. The highest BCUT2D eigenvalue weighted by molar-refractivity contribution is 7.98. The zero-order chi connectivity index (χ0) is 12.5. The van der Waals surface area contributed by atoms with Gasteiger partial charge in [0.15, 0.2) is 0 Å². The molecule has 0 aromatic heterocycles. The summed E-state index contributed by atoms with van der Waals surface area (Å²) in [5, 5.41) is 2.91. The molecule has 1 rings (SSSR count). The Balaban J connectivity index is 2.40. The molecule has 0 radical (unpaired) electrons. The minimum atomic E-state index is 0.00500. The molecule has 1 amide bonds. The van der Waals surface area contributed by atoms with Crippen LogP contribution >= 0.6 is 11.8 Å². The largest absolute Gasteiger partial charge is 0.352 e. The Bertz CT molecular complexity index is 338. The van der Waals surface area contributed by atoms with Gasteiger partial charge in [-0.05, 0) is 49.1 Å². The molecule has 0 saturated carbocycles. The molecule has 0 bridgehead atoms. The Morgan fingerprint density at radius 1 is 1.35 bits per heavy atom. The fourth-order valence-corrected chi connectivity index (χ4v) is 1.94. The molecule has 0 spiro atoms. The monoisotopic (exact) mass is 252 g/mol. The second kappa shape index (κ2) is 8.14. The molecule has 94 valence electrons. The molecule has 4 heteroatoms. The summed E-state index contributed by atoms with van der Waals surface area (Å²) >= 11 is 1.79. The molecule has 0 heterocycles. The Labute approximate surface area is 107 Å².